The summed E-state index contributed by atoms with van der Waals surface area (Å²) in [4.78, 5) is 0.0744. The maximum absolute atomic E-state index is 12.9. The SMILES string of the molecule is COc1cccc(OC)c1S(=O)(=O)N1CCCC1CN.Cl. The fraction of sp³-hybridized carbons (Fsp3) is 0.538. The summed E-state index contributed by atoms with van der Waals surface area (Å²) >= 11 is 0. The van der Waals surface area contributed by atoms with E-state index in [9.17, 15) is 8.42 Å². The molecule has 21 heavy (non-hydrogen) atoms. The Balaban J connectivity index is 0.00000220. The fourth-order valence-electron chi connectivity index (χ4n) is 2.55. The van der Waals surface area contributed by atoms with Crippen molar-refractivity contribution in [2.24, 2.45) is 5.73 Å². The first kappa shape index (κ1) is 18.0. The molecule has 1 unspecified atom stereocenters. The highest BCUT2D eigenvalue weighted by molar-refractivity contribution is 7.89. The number of rotatable bonds is 5. The Labute approximate surface area is 131 Å². The molecule has 0 amide bonds. The van der Waals surface area contributed by atoms with Gasteiger partial charge in [0.2, 0.25) is 0 Å². The van der Waals surface area contributed by atoms with Crippen LogP contribution < -0.4 is 15.2 Å². The second-order valence-corrected chi connectivity index (χ2v) is 6.47. The van der Waals surface area contributed by atoms with Gasteiger partial charge in [0.15, 0.2) is 4.90 Å². The van der Waals surface area contributed by atoms with Crippen LogP contribution in [0.4, 0.5) is 0 Å². The molecule has 1 heterocycles. The molecule has 6 nitrogen and oxygen atoms in total. The predicted molar refractivity (Wildman–Crippen MR) is 82.8 cm³/mol. The molecule has 0 aromatic heterocycles. The average Bonchev–Trinajstić information content (AvgIpc) is 2.95. The minimum Gasteiger partial charge on any atom is -0.495 e. The molecule has 1 aliphatic heterocycles. The number of nitrogens with zero attached hydrogens (tertiary/aromatic N) is 1. The Hall–Kier alpha value is -1.02. The fourth-order valence-corrected chi connectivity index (χ4v) is 4.55. The Kier molecular flexibility index (Phi) is 6.27. The summed E-state index contributed by atoms with van der Waals surface area (Å²) in [5, 5.41) is 0. The molecule has 0 spiro atoms. The predicted octanol–water partition coefficient (Wildman–Crippen LogP) is 1.24. The van der Waals surface area contributed by atoms with Crippen LogP contribution in [0, 0.1) is 0 Å². The van der Waals surface area contributed by atoms with E-state index in [0.717, 1.165) is 12.8 Å². The van der Waals surface area contributed by atoms with E-state index in [0.29, 0.717) is 13.1 Å². The quantitative estimate of drug-likeness (QED) is 0.874. The van der Waals surface area contributed by atoms with Crippen LogP contribution in [0.25, 0.3) is 0 Å². The van der Waals surface area contributed by atoms with E-state index < -0.39 is 10.0 Å². The molecule has 1 aromatic rings. The molecule has 1 atom stereocenters. The van der Waals surface area contributed by atoms with Gasteiger partial charge in [0.05, 0.1) is 14.2 Å². The number of hydrogen-bond acceptors (Lipinski definition) is 5. The lowest BCUT2D eigenvalue weighted by molar-refractivity contribution is 0.358. The summed E-state index contributed by atoms with van der Waals surface area (Å²) in [5.74, 6) is 0.569. The summed E-state index contributed by atoms with van der Waals surface area (Å²) < 4.78 is 37.6. The number of methoxy groups -OCH3 is 2. The van der Waals surface area contributed by atoms with Gasteiger partial charge < -0.3 is 15.2 Å². The number of nitrogens with two attached hydrogens (primary N) is 1. The molecule has 0 aliphatic carbocycles. The Bertz CT molecular complexity index is 557. The zero-order valence-corrected chi connectivity index (χ0v) is 13.7. The van der Waals surface area contributed by atoms with Crippen molar-refractivity contribution in [1.82, 2.24) is 4.31 Å². The summed E-state index contributed by atoms with van der Waals surface area (Å²) in [5.41, 5.74) is 5.67. The molecule has 120 valence electrons. The molecule has 0 radical (unpaired) electrons. The molecule has 1 fully saturated rings. The second-order valence-electron chi connectivity index (χ2n) is 4.64. The Morgan fingerprint density at radius 3 is 2.33 bits per heavy atom. The second kappa shape index (κ2) is 7.31. The van der Waals surface area contributed by atoms with Gasteiger partial charge in [-0.3, -0.25) is 0 Å². The number of halogens is 1. The summed E-state index contributed by atoms with van der Waals surface area (Å²) in [6.07, 6.45) is 1.60. The molecule has 2 N–H and O–H groups in total. The lowest BCUT2D eigenvalue weighted by atomic mass is 10.2. The number of ether oxygens (including phenoxy) is 2. The monoisotopic (exact) mass is 336 g/mol. The molecular formula is C13H21ClN2O4S. The van der Waals surface area contributed by atoms with E-state index in [1.165, 1.54) is 18.5 Å². The Morgan fingerprint density at radius 1 is 1.29 bits per heavy atom. The van der Waals surface area contributed by atoms with Gasteiger partial charge in [0.1, 0.15) is 11.5 Å². The van der Waals surface area contributed by atoms with Gasteiger partial charge >= 0.3 is 0 Å². The molecule has 1 aromatic carbocycles. The van der Waals surface area contributed by atoms with E-state index in [1.54, 1.807) is 18.2 Å². The third-order valence-corrected chi connectivity index (χ3v) is 5.56. The van der Waals surface area contributed by atoms with Crippen LogP contribution >= 0.6 is 12.4 Å². The normalized spacial score (nSPS) is 19.1. The van der Waals surface area contributed by atoms with Crippen LogP contribution in [0.3, 0.4) is 0 Å². The van der Waals surface area contributed by atoms with Crippen molar-refractivity contribution in [2.75, 3.05) is 27.3 Å². The highest BCUT2D eigenvalue weighted by Gasteiger charge is 2.38. The minimum absolute atomic E-state index is 0. The first-order valence-electron chi connectivity index (χ1n) is 6.49. The smallest absolute Gasteiger partial charge is 0.250 e. The van der Waals surface area contributed by atoms with Gasteiger partial charge in [-0.05, 0) is 25.0 Å². The lowest BCUT2D eigenvalue weighted by Crippen LogP contribution is -2.40. The van der Waals surface area contributed by atoms with Gasteiger partial charge in [-0.1, -0.05) is 6.07 Å². The first-order chi connectivity index (χ1) is 9.56. The Morgan fingerprint density at radius 2 is 1.86 bits per heavy atom. The van der Waals surface area contributed by atoms with Crippen molar-refractivity contribution in [2.45, 2.75) is 23.8 Å². The number of sulfonamides is 1. The molecule has 2 rings (SSSR count). The van der Waals surface area contributed by atoms with Crippen LogP contribution in [0.2, 0.25) is 0 Å². The molecular weight excluding hydrogens is 316 g/mol. The molecule has 1 aliphatic rings. The maximum Gasteiger partial charge on any atom is 0.250 e. The molecule has 8 heteroatoms. The standard InChI is InChI=1S/C13H20N2O4S.ClH/c1-18-11-6-3-7-12(19-2)13(11)20(16,17)15-8-4-5-10(15)9-14;/h3,6-7,10H,4-5,8-9,14H2,1-2H3;1H. The minimum atomic E-state index is -3.68. The van der Waals surface area contributed by atoms with Crippen LogP contribution in [0.5, 0.6) is 11.5 Å². The third kappa shape index (κ3) is 3.26. The van der Waals surface area contributed by atoms with E-state index >= 15 is 0 Å². The van der Waals surface area contributed by atoms with Crippen molar-refractivity contribution >= 4 is 22.4 Å². The van der Waals surface area contributed by atoms with Crippen molar-refractivity contribution in [3.05, 3.63) is 18.2 Å². The van der Waals surface area contributed by atoms with Crippen LogP contribution in [-0.2, 0) is 10.0 Å². The van der Waals surface area contributed by atoms with Crippen LogP contribution in [0.1, 0.15) is 12.8 Å². The van der Waals surface area contributed by atoms with Gasteiger partial charge in [0, 0.05) is 19.1 Å². The number of hydrogen-bond donors (Lipinski definition) is 1. The summed E-state index contributed by atoms with van der Waals surface area (Å²) in [6, 6.07) is 4.77. The topological polar surface area (TPSA) is 81.9 Å². The zero-order chi connectivity index (χ0) is 14.8. The molecule has 1 saturated heterocycles. The maximum atomic E-state index is 12.9. The van der Waals surface area contributed by atoms with E-state index in [-0.39, 0.29) is 34.8 Å². The third-order valence-electron chi connectivity index (χ3n) is 3.54. The number of benzene rings is 1. The van der Waals surface area contributed by atoms with Crippen molar-refractivity contribution < 1.29 is 17.9 Å². The van der Waals surface area contributed by atoms with Gasteiger partial charge in [-0.15, -0.1) is 12.4 Å². The van der Waals surface area contributed by atoms with Gasteiger partial charge in [-0.2, -0.15) is 4.31 Å². The van der Waals surface area contributed by atoms with E-state index in [4.69, 9.17) is 15.2 Å². The van der Waals surface area contributed by atoms with E-state index in [1.807, 2.05) is 0 Å². The highest BCUT2D eigenvalue weighted by atomic mass is 35.5. The van der Waals surface area contributed by atoms with Gasteiger partial charge in [-0.25, -0.2) is 8.42 Å². The lowest BCUT2D eigenvalue weighted by Gasteiger charge is -2.24. The zero-order valence-electron chi connectivity index (χ0n) is 12.1. The van der Waals surface area contributed by atoms with Gasteiger partial charge in [0.25, 0.3) is 10.0 Å². The average molecular weight is 337 g/mol. The van der Waals surface area contributed by atoms with Crippen molar-refractivity contribution in [1.29, 1.82) is 0 Å². The van der Waals surface area contributed by atoms with Crippen LogP contribution in [-0.4, -0.2) is 46.1 Å². The van der Waals surface area contributed by atoms with Crippen molar-refractivity contribution in [3.63, 3.8) is 0 Å². The molecule has 0 saturated carbocycles. The van der Waals surface area contributed by atoms with Crippen molar-refractivity contribution in [3.8, 4) is 11.5 Å². The summed E-state index contributed by atoms with van der Waals surface area (Å²) in [6.45, 7) is 0.794. The largest absolute Gasteiger partial charge is 0.495 e. The van der Waals surface area contributed by atoms with Crippen LogP contribution in [0.15, 0.2) is 23.1 Å². The summed E-state index contributed by atoms with van der Waals surface area (Å²) in [7, 11) is -0.797. The van der Waals surface area contributed by atoms with E-state index in [2.05, 4.69) is 0 Å². The molecule has 0 bridgehead atoms. The first-order valence-corrected chi connectivity index (χ1v) is 7.93. The highest BCUT2D eigenvalue weighted by Crippen LogP contribution is 2.37.